The Morgan fingerprint density at radius 2 is 2.16 bits per heavy atom. The van der Waals surface area contributed by atoms with E-state index in [1.807, 2.05) is 18.2 Å². The monoisotopic (exact) mass is 347 g/mol. The molecule has 0 bridgehead atoms. The number of nitrogens with one attached hydrogen (secondary N) is 2. The molecule has 2 N–H and O–H groups in total. The number of benzene rings is 1. The van der Waals surface area contributed by atoms with Crippen molar-refractivity contribution in [2.24, 2.45) is 0 Å². The van der Waals surface area contributed by atoms with Crippen molar-refractivity contribution in [1.82, 2.24) is 14.8 Å². The molecule has 132 valence electrons. The number of carbonyl (C=O) groups is 1. The zero-order valence-electron chi connectivity index (χ0n) is 13.8. The van der Waals surface area contributed by atoms with Gasteiger partial charge in [-0.15, -0.1) is 5.10 Å². The first-order chi connectivity index (χ1) is 12.0. The lowest BCUT2D eigenvalue weighted by Crippen LogP contribution is -2.33. The molecule has 2 aromatic rings. The van der Waals surface area contributed by atoms with Crippen LogP contribution in [0.4, 0.5) is 20.4 Å². The Labute approximate surface area is 143 Å². The van der Waals surface area contributed by atoms with Crippen LogP contribution in [0.5, 0.6) is 0 Å². The van der Waals surface area contributed by atoms with Gasteiger partial charge in [0.25, 0.3) is 12.3 Å². The van der Waals surface area contributed by atoms with E-state index in [9.17, 15) is 13.6 Å². The van der Waals surface area contributed by atoms with Crippen molar-refractivity contribution >= 4 is 17.5 Å². The summed E-state index contributed by atoms with van der Waals surface area (Å²) in [5.41, 5.74) is 3.22. The molecule has 2 heterocycles. The molecular weight excluding hydrogens is 328 g/mol. The molecule has 0 spiro atoms. The van der Waals surface area contributed by atoms with Gasteiger partial charge in [-0.25, -0.2) is 13.5 Å². The van der Waals surface area contributed by atoms with Gasteiger partial charge in [0.1, 0.15) is 6.04 Å². The van der Waals surface area contributed by atoms with E-state index < -0.39 is 18.4 Å². The van der Waals surface area contributed by atoms with E-state index in [0.717, 1.165) is 23.9 Å². The number of nitrogens with zero attached hydrogens (tertiary/aromatic N) is 3. The van der Waals surface area contributed by atoms with E-state index in [1.165, 1.54) is 11.1 Å². The molecule has 0 radical (unpaired) electrons. The van der Waals surface area contributed by atoms with Crippen LogP contribution in [0.3, 0.4) is 0 Å². The van der Waals surface area contributed by atoms with Crippen LogP contribution in [0.25, 0.3) is 0 Å². The molecule has 8 heteroatoms. The fraction of sp³-hybridized carbons (Fsp3) is 0.471. The zero-order chi connectivity index (χ0) is 17.6. The Bertz CT molecular complexity index is 819. The first kappa shape index (κ1) is 16.0. The Hall–Kier alpha value is -2.51. The average Bonchev–Trinajstić information content (AvgIpc) is 3.19. The highest BCUT2D eigenvalue weighted by Gasteiger charge is 2.34. The van der Waals surface area contributed by atoms with E-state index in [0.29, 0.717) is 5.69 Å². The second-order valence-corrected chi connectivity index (χ2v) is 6.68. The predicted octanol–water partition coefficient (Wildman–Crippen LogP) is 3.03. The maximum absolute atomic E-state index is 13.2. The summed E-state index contributed by atoms with van der Waals surface area (Å²) in [7, 11) is 0. The molecule has 6 nitrogen and oxygen atoms in total. The SMILES string of the molecule is C[C@@H]1C[C@@H](C(F)F)n2nc(C(=O)Nc3ccc4c(c3)CCC4)nc2N1. The number of alkyl halides is 2. The van der Waals surface area contributed by atoms with Gasteiger partial charge >= 0.3 is 0 Å². The summed E-state index contributed by atoms with van der Waals surface area (Å²) >= 11 is 0. The number of aromatic nitrogens is 3. The maximum atomic E-state index is 13.2. The number of rotatable bonds is 3. The number of amides is 1. The Morgan fingerprint density at radius 1 is 1.36 bits per heavy atom. The third-order valence-electron chi connectivity index (χ3n) is 4.77. The van der Waals surface area contributed by atoms with Crippen molar-refractivity contribution in [3.05, 3.63) is 35.2 Å². The topological polar surface area (TPSA) is 71.8 Å². The summed E-state index contributed by atoms with van der Waals surface area (Å²) in [5, 5.41) is 9.76. The molecule has 1 aromatic heterocycles. The van der Waals surface area contributed by atoms with E-state index in [1.54, 1.807) is 6.92 Å². The highest BCUT2D eigenvalue weighted by Crippen LogP contribution is 2.30. The standard InChI is InChI=1S/C17H19F2N5O/c1-9-7-13(14(18)19)24-17(20-9)22-15(23-24)16(25)21-12-6-5-10-3-2-4-11(10)8-12/h5-6,8-9,13-14H,2-4,7H2,1H3,(H,21,25)(H,20,22,23)/t9-,13+/m1/s1. The average molecular weight is 347 g/mol. The van der Waals surface area contributed by atoms with Crippen molar-refractivity contribution in [2.75, 3.05) is 10.6 Å². The molecule has 0 unspecified atom stereocenters. The first-order valence-electron chi connectivity index (χ1n) is 8.45. The highest BCUT2D eigenvalue weighted by atomic mass is 19.3. The van der Waals surface area contributed by atoms with Crippen LogP contribution in [0.1, 0.15) is 47.6 Å². The van der Waals surface area contributed by atoms with Gasteiger partial charge in [0.15, 0.2) is 0 Å². The quantitative estimate of drug-likeness (QED) is 0.895. The summed E-state index contributed by atoms with van der Waals surface area (Å²) in [6, 6.07) is 4.60. The molecule has 0 saturated carbocycles. The van der Waals surface area contributed by atoms with Gasteiger partial charge in [0, 0.05) is 11.7 Å². The molecule has 2 atom stereocenters. The molecule has 0 fully saturated rings. The zero-order valence-corrected chi connectivity index (χ0v) is 13.8. The van der Waals surface area contributed by atoms with Crippen LogP contribution in [-0.4, -0.2) is 33.1 Å². The van der Waals surface area contributed by atoms with E-state index in [2.05, 4.69) is 20.7 Å². The number of hydrogen-bond acceptors (Lipinski definition) is 4. The number of hydrogen-bond donors (Lipinski definition) is 2. The first-order valence-corrected chi connectivity index (χ1v) is 8.45. The lowest BCUT2D eigenvalue weighted by atomic mass is 10.1. The lowest BCUT2D eigenvalue weighted by molar-refractivity contribution is 0.0662. The molecule has 1 amide bonds. The van der Waals surface area contributed by atoms with Crippen LogP contribution in [0.15, 0.2) is 18.2 Å². The summed E-state index contributed by atoms with van der Waals surface area (Å²) in [6.07, 6.45) is 0.879. The third kappa shape index (κ3) is 2.96. The number of carbonyl (C=O) groups excluding carboxylic acids is 1. The number of halogens is 2. The summed E-state index contributed by atoms with van der Waals surface area (Å²) < 4.78 is 27.6. The highest BCUT2D eigenvalue weighted by molar-refractivity contribution is 6.01. The summed E-state index contributed by atoms with van der Waals surface area (Å²) in [5.74, 6) is -0.395. The molecule has 1 aliphatic heterocycles. The number of anilines is 2. The minimum Gasteiger partial charge on any atom is -0.352 e. The Kier molecular flexibility index (Phi) is 3.89. The van der Waals surface area contributed by atoms with Gasteiger partial charge in [-0.3, -0.25) is 4.79 Å². The van der Waals surface area contributed by atoms with Crippen molar-refractivity contribution in [3.63, 3.8) is 0 Å². The number of fused-ring (bicyclic) bond motifs is 2. The molecular formula is C17H19F2N5O. The molecule has 1 aromatic carbocycles. The van der Waals surface area contributed by atoms with Crippen molar-refractivity contribution < 1.29 is 13.6 Å². The van der Waals surface area contributed by atoms with Gasteiger partial charge in [0.2, 0.25) is 11.8 Å². The maximum Gasteiger partial charge on any atom is 0.295 e. The lowest BCUT2D eigenvalue weighted by Gasteiger charge is -2.28. The van der Waals surface area contributed by atoms with Crippen molar-refractivity contribution in [1.29, 1.82) is 0 Å². The van der Waals surface area contributed by atoms with Gasteiger partial charge in [0.05, 0.1) is 0 Å². The van der Waals surface area contributed by atoms with Gasteiger partial charge in [-0.05, 0) is 55.9 Å². The predicted molar refractivity (Wildman–Crippen MR) is 89.2 cm³/mol. The largest absolute Gasteiger partial charge is 0.352 e. The molecule has 25 heavy (non-hydrogen) atoms. The van der Waals surface area contributed by atoms with Crippen molar-refractivity contribution in [2.45, 2.75) is 51.1 Å². The van der Waals surface area contributed by atoms with Crippen LogP contribution in [0.2, 0.25) is 0 Å². The minimum absolute atomic E-state index is 0.109. The molecule has 1 aliphatic carbocycles. The van der Waals surface area contributed by atoms with Crippen molar-refractivity contribution in [3.8, 4) is 0 Å². The smallest absolute Gasteiger partial charge is 0.295 e. The van der Waals surface area contributed by atoms with E-state index in [4.69, 9.17) is 0 Å². The third-order valence-corrected chi connectivity index (χ3v) is 4.77. The molecule has 2 aliphatic rings. The normalized spacial score (nSPS) is 21.6. The molecule has 0 saturated heterocycles. The van der Waals surface area contributed by atoms with Crippen LogP contribution < -0.4 is 10.6 Å². The summed E-state index contributed by atoms with van der Waals surface area (Å²) in [6.45, 7) is 1.80. The van der Waals surface area contributed by atoms with Crippen LogP contribution in [-0.2, 0) is 12.8 Å². The Balaban J connectivity index is 1.56. The van der Waals surface area contributed by atoms with Crippen LogP contribution in [0, 0.1) is 0 Å². The second-order valence-electron chi connectivity index (χ2n) is 6.68. The van der Waals surface area contributed by atoms with Crippen LogP contribution >= 0.6 is 0 Å². The molecule has 4 rings (SSSR count). The Morgan fingerprint density at radius 3 is 2.96 bits per heavy atom. The van der Waals surface area contributed by atoms with Gasteiger partial charge < -0.3 is 10.6 Å². The fourth-order valence-electron chi connectivity index (χ4n) is 3.54. The minimum atomic E-state index is -2.56. The van der Waals surface area contributed by atoms with E-state index >= 15 is 0 Å². The number of aryl methyl sites for hydroxylation is 2. The van der Waals surface area contributed by atoms with E-state index in [-0.39, 0.29) is 24.2 Å². The van der Waals surface area contributed by atoms with Gasteiger partial charge in [-0.2, -0.15) is 4.98 Å². The van der Waals surface area contributed by atoms with Gasteiger partial charge in [-0.1, -0.05) is 6.07 Å². The summed E-state index contributed by atoms with van der Waals surface area (Å²) in [4.78, 5) is 16.5. The second kappa shape index (κ2) is 6.09. The fourth-order valence-corrected chi connectivity index (χ4v) is 3.54.